The van der Waals surface area contributed by atoms with Crippen molar-refractivity contribution in [1.82, 2.24) is 25.6 Å². The number of amides is 1. The molecular weight excluding hydrogens is 368 g/mol. The highest BCUT2D eigenvalue weighted by atomic mass is 35.5. The number of nitrogens with zero attached hydrogens (tertiary/aromatic N) is 3. The van der Waals surface area contributed by atoms with Gasteiger partial charge < -0.3 is 15.4 Å². The number of nitrogens with one attached hydrogen (secondary N) is 2. The molecule has 142 valence electrons. The SMILES string of the molecule is Cc1c(C(=O)NCC2CCCN2)nnn1-c1ccc(OC(F)F)cc1.Cl. The van der Waals surface area contributed by atoms with Crippen LogP contribution in [0.15, 0.2) is 24.3 Å². The Hall–Kier alpha value is -2.26. The Morgan fingerprint density at radius 3 is 2.77 bits per heavy atom. The molecular formula is C16H20ClF2N5O2. The number of benzene rings is 1. The van der Waals surface area contributed by atoms with Crippen molar-refractivity contribution in [3.63, 3.8) is 0 Å². The zero-order valence-corrected chi connectivity index (χ0v) is 14.9. The van der Waals surface area contributed by atoms with Crippen molar-refractivity contribution in [3.05, 3.63) is 35.7 Å². The lowest BCUT2D eigenvalue weighted by atomic mass is 10.2. The molecule has 1 aromatic carbocycles. The Bertz CT molecular complexity index is 733. The average Bonchev–Trinajstić information content (AvgIpc) is 3.23. The molecule has 1 aromatic heterocycles. The molecule has 0 aliphatic carbocycles. The van der Waals surface area contributed by atoms with Gasteiger partial charge in [-0.25, -0.2) is 4.68 Å². The highest BCUT2D eigenvalue weighted by molar-refractivity contribution is 5.93. The minimum atomic E-state index is -2.87. The molecule has 0 spiro atoms. The Kier molecular flexibility index (Phi) is 6.87. The van der Waals surface area contributed by atoms with Crippen LogP contribution in [0.25, 0.3) is 5.69 Å². The first-order chi connectivity index (χ1) is 12.0. The van der Waals surface area contributed by atoms with Crippen LogP contribution in [0, 0.1) is 6.92 Å². The van der Waals surface area contributed by atoms with Crippen molar-refractivity contribution >= 4 is 18.3 Å². The first-order valence-electron chi connectivity index (χ1n) is 8.03. The van der Waals surface area contributed by atoms with Gasteiger partial charge in [0.05, 0.1) is 11.4 Å². The first-order valence-corrected chi connectivity index (χ1v) is 8.03. The van der Waals surface area contributed by atoms with Crippen LogP contribution in [-0.4, -0.2) is 46.6 Å². The van der Waals surface area contributed by atoms with E-state index in [1.54, 1.807) is 19.1 Å². The highest BCUT2D eigenvalue weighted by Crippen LogP contribution is 2.18. The lowest BCUT2D eigenvalue weighted by Gasteiger charge is -2.10. The van der Waals surface area contributed by atoms with Crippen molar-refractivity contribution in [1.29, 1.82) is 0 Å². The van der Waals surface area contributed by atoms with Crippen LogP contribution in [0.2, 0.25) is 0 Å². The van der Waals surface area contributed by atoms with Crippen LogP contribution in [0.1, 0.15) is 29.0 Å². The van der Waals surface area contributed by atoms with Gasteiger partial charge in [-0.1, -0.05) is 5.21 Å². The van der Waals surface area contributed by atoms with E-state index in [1.807, 2.05) is 0 Å². The smallest absolute Gasteiger partial charge is 0.387 e. The van der Waals surface area contributed by atoms with Gasteiger partial charge in [0, 0.05) is 12.6 Å². The molecule has 1 amide bonds. The Morgan fingerprint density at radius 2 is 2.15 bits per heavy atom. The first kappa shape index (κ1) is 20.1. The standard InChI is InChI=1S/C16H19F2N5O2.ClH/c1-10-14(15(24)20-9-11-3-2-8-19-11)21-22-23(10)12-4-6-13(7-5-12)25-16(17)18;/h4-7,11,16,19H,2-3,8-9H2,1H3,(H,20,24);1H. The topological polar surface area (TPSA) is 81.1 Å². The molecule has 3 rings (SSSR count). The van der Waals surface area contributed by atoms with Crippen molar-refractivity contribution in [2.75, 3.05) is 13.1 Å². The van der Waals surface area contributed by atoms with Crippen LogP contribution in [0.4, 0.5) is 8.78 Å². The van der Waals surface area contributed by atoms with Gasteiger partial charge in [0.2, 0.25) is 0 Å². The van der Waals surface area contributed by atoms with E-state index in [4.69, 9.17) is 0 Å². The molecule has 1 saturated heterocycles. The third-order valence-electron chi connectivity index (χ3n) is 4.09. The number of aromatic nitrogens is 3. The van der Waals surface area contributed by atoms with Crippen LogP contribution < -0.4 is 15.4 Å². The second-order valence-electron chi connectivity index (χ2n) is 5.81. The number of carbonyl (C=O) groups is 1. The summed E-state index contributed by atoms with van der Waals surface area (Å²) in [5.74, 6) is -0.228. The summed E-state index contributed by atoms with van der Waals surface area (Å²) < 4.78 is 30.2. The zero-order valence-electron chi connectivity index (χ0n) is 14.1. The van der Waals surface area contributed by atoms with E-state index in [9.17, 15) is 13.6 Å². The molecule has 2 aromatic rings. The largest absolute Gasteiger partial charge is 0.435 e. The summed E-state index contributed by atoms with van der Waals surface area (Å²) in [7, 11) is 0. The maximum Gasteiger partial charge on any atom is 0.387 e. The van der Waals surface area contributed by atoms with Crippen molar-refractivity contribution in [2.45, 2.75) is 32.4 Å². The average molecular weight is 388 g/mol. The fourth-order valence-electron chi connectivity index (χ4n) is 2.78. The summed E-state index contributed by atoms with van der Waals surface area (Å²) >= 11 is 0. The molecule has 7 nitrogen and oxygen atoms in total. The molecule has 2 N–H and O–H groups in total. The van der Waals surface area contributed by atoms with Crippen molar-refractivity contribution in [2.24, 2.45) is 0 Å². The number of alkyl halides is 2. The second kappa shape index (κ2) is 8.91. The van der Waals surface area contributed by atoms with E-state index in [2.05, 4.69) is 25.7 Å². The normalized spacial score (nSPS) is 16.4. The number of halogens is 3. The molecule has 1 aliphatic rings. The van der Waals surface area contributed by atoms with Gasteiger partial charge in [0.1, 0.15) is 5.75 Å². The maximum absolute atomic E-state index is 12.3. The Morgan fingerprint density at radius 1 is 1.42 bits per heavy atom. The summed E-state index contributed by atoms with van der Waals surface area (Å²) in [5, 5.41) is 14.1. The van der Waals surface area contributed by atoms with E-state index < -0.39 is 6.61 Å². The van der Waals surface area contributed by atoms with Crippen molar-refractivity contribution < 1.29 is 18.3 Å². The van der Waals surface area contributed by atoms with Gasteiger partial charge in [0.15, 0.2) is 5.69 Å². The third kappa shape index (κ3) is 4.67. The molecule has 1 fully saturated rings. The van der Waals surface area contributed by atoms with Gasteiger partial charge >= 0.3 is 6.61 Å². The molecule has 1 atom stereocenters. The predicted octanol–water partition coefficient (Wildman–Crippen LogP) is 2.08. The van der Waals surface area contributed by atoms with Crippen LogP contribution >= 0.6 is 12.4 Å². The van der Waals surface area contributed by atoms with E-state index >= 15 is 0 Å². The molecule has 0 radical (unpaired) electrons. The quantitative estimate of drug-likeness (QED) is 0.793. The van der Waals surface area contributed by atoms with Gasteiger partial charge in [-0.3, -0.25) is 4.79 Å². The molecule has 0 saturated carbocycles. The van der Waals surface area contributed by atoms with E-state index in [1.165, 1.54) is 16.8 Å². The summed E-state index contributed by atoms with van der Waals surface area (Å²) in [6.45, 7) is 0.376. The molecule has 10 heteroatoms. The van der Waals surface area contributed by atoms with Gasteiger partial charge in [-0.15, -0.1) is 17.5 Å². The molecule has 2 heterocycles. The number of hydrogen-bond acceptors (Lipinski definition) is 5. The Balaban J connectivity index is 0.00000243. The lowest BCUT2D eigenvalue weighted by molar-refractivity contribution is -0.0498. The minimum absolute atomic E-state index is 0. The van der Waals surface area contributed by atoms with E-state index in [-0.39, 0.29) is 29.8 Å². The third-order valence-corrected chi connectivity index (χ3v) is 4.09. The molecule has 1 aliphatic heterocycles. The number of rotatable bonds is 6. The fraction of sp³-hybridized carbons (Fsp3) is 0.438. The molecule has 26 heavy (non-hydrogen) atoms. The summed E-state index contributed by atoms with van der Waals surface area (Å²) in [4.78, 5) is 12.3. The van der Waals surface area contributed by atoms with Gasteiger partial charge in [-0.2, -0.15) is 8.78 Å². The number of ether oxygens (including phenoxy) is 1. The zero-order chi connectivity index (χ0) is 17.8. The second-order valence-corrected chi connectivity index (χ2v) is 5.81. The van der Waals surface area contributed by atoms with Crippen LogP contribution in [0.3, 0.4) is 0 Å². The summed E-state index contributed by atoms with van der Waals surface area (Å²) in [6.07, 6.45) is 2.15. The van der Waals surface area contributed by atoms with Crippen LogP contribution in [-0.2, 0) is 0 Å². The van der Waals surface area contributed by atoms with Gasteiger partial charge in [0.25, 0.3) is 5.91 Å². The monoisotopic (exact) mass is 387 g/mol. The van der Waals surface area contributed by atoms with Crippen molar-refractivity contribution in [3.8, 4) is 11.4 Å². The number of hydrogen-bond donors (Lipinski definition) is 2. The fourth-order valence-corrected chi connectivity index (χ4v) is 2.78. The lowest BCUT2D eigenvalue weighted by Crippen LogP contribution is -2.37. The maximum atomic E-state index is 12.3. The molecule has 0 bridgehead atoms. The minimum Gasteiger partial charge on any atom is -0.435 e. The number of carbonyl (C=O) groups excluding carboxylic acids is 1. The molecule has 1 unspecified atom stereocenters. The van der Waals surface area contributed by atoms with Gasteiger partial charge in [-0.05, 0) is 50.6 Å². The highest BCUT2D eigenvalue weighted by Gasteiger charge is 2.20. The van der Waals surface area contributed by atoms with Crippen LogP contribution in [0.5, 0.6) is 5.75 Å². The Labute approximate surface area is 155 Å². The van der Waals surface area contributed by atoms with E-state index in [0.29, 0.717) is 24.0 Å². The van der Waals surface area contributed by atoms with E-state index in [0.717, 1.165) is 19.4 Å². The predicted molar refractivity (Wildman–Crippen MR) is 93.3 cm³/mol. The summed E-state index contributed by atoms with van der Waals surface area (Å²) in [6, 6.07) is 6.26. The summed E-state index contributed by atoms with van der Waals surface area (Å²) in [5.41, 5.74) is 1.41.